The van der Waals surface area contributed by atoms with Crippen molar-refractivity contribution in [3.05, 3.63) is 24.2 Å². The van der Waals surface area contributed by atoms with E-state index in [9.17, 15) is 9.59 Å². The number of piperidine rings is 1. The SMILES string of the molecule is O=C(NCCCC(=O)N1CCC(CO)CC1)c1ccco1. The molecule has 2 amide bonds. The summed E-state index contributed by atoms with van der Waals surface area (Å²) >= 11 is 0. The molecule has 21 heavy (non-hydrogen) atoms. The van der Waals surface area contributed by atoms with Gasteiger partial charge in [0.1, 0.15) is 0 Å². The minimum absolute atomic E-state index is 0.124. The smallest absolute Gasteiger partial charge is 0.286 e. The second-order valence-electron chi connectivity index (χ2n) is 5.34. The number of furan rings is 1. The predicted molar refractivity (Wildman–Crippen MR) is 76.7 cm³/mol. The number of aliphatic hydroxyl groups is 1. The minimum Gasteiger partial charge on any atom is -0.459 e. The van der Waals surface area contributed by atoms with E-state index in [0.717, 1.165) is 25.9 Å². The van der Waals surface area contributed by atoms with Gasteiger partial charge in [0.05, 0.1) is 6.26 Å². The molecular weight excluding hydrogens is 272 g/mol. The fourth-order valence-electron chi connectivity index (χ4n) is 2.46. The molecule has 1 aromatic heterocycles. The Balaban J connectivity index is 1.60. The molecule has 0 spiro atoms. The molecule has 116 valence electrons. The van der Waals surface area contributed by atoms with Crippen molar-refractivity contribution in [3.63, 3.8) is 0 Å². The standard InChI is InChI=1S/C15H22N2O4/c18-11-12-5-8-17(9-6-12)14(19)4-1-7-16-15(20)13-3-2-10-21-13/h2-3,10,12,18H,1,4-9,11H2,(H,16,20). The van der Waals surface area contributed by atoms with Crippen LogP contribution >= 0.6 is 0 Å². The lowest BCUT2D eigenvalue weighted by Gasteiger charge is -2.31. The maximum atomic E-state index is 12.0. The molecule has 2 rings (SSSR count). The molecule has 1 fully saturated rings. The van der Waals surface area contributed by atoms with E-state index in [1.807, 2.05) is 4.90 Å². The molecule has 0 unspecified atom stereocenters. The van der Waals surface area contributed by atoms with Crippen LogP contribution in [0.15, 0.2) is 22.8 Å². The van der Waals surface area contributed by atoms with Crippen molar-refractivity contribution in [1.29, 1.82) is 0 Å². The first kappa shape index (κ1) is 15.6. The molecule has 0 atom stereocenters. The Hall–Kier alpha value is -1.82. The number of likely N-dealkylation sites (tertiary alicyclic amines) is 1. The first-order valence-corrected chi connectivity index (χ1v) is 7.41. The van der Waals surface area contributed by atoms with Gasteiger partial charge >= 0.3 is 0 Å². The summed E-state index contributed by atoms with van der Waals surface area (Å²) in [5, 5.41) is 11.8. The average Bonchev–Trinajstić information content (AvgIpc) is 3.05. The normalized spacial score (nSPS) is 16.0. The van der Waals surface area contributed by atoms with Gasteiger partial charge in [0.2, 0.25) is 5.91 Å². The third-order valence-corrected chi connectivity index (χ3v) is 3.82. The predicted octanol–water partition coefficient (Wildman–Crippen LogP) is 1.02. The topological polar surface area (TPSA) is 82.8 Å². The molecule has 2 N–H and O–H groups in total. The highest BCUT2D eigenvalue weighted by atomic mass is 16.3. The molecule has 2 heterocycles. The van der Waals surface area contributed by atoms with E-state index in [1.54, 1.807) is 12.1 Å². The summed E-state index contributed by atoms with van der Waals surface area (Å²) in [6.07, 6.45) is 4.25. The number of nitrogens with one attached hydrogen (secondary N) is 1. The van der Waals surface area contributed by atoms with Crippen LogP contribution in [0.4, 0.5) is 0 Å². The Bertz CT molecular complexity index is 450. The van der Waals surface area contributed by atoms with Crippen LogP contribution in [0.25, 0.3) is 0 Å². The van der Waals surface area contributed by atoms with Crippen molar-refractivity contribution in [1.82, 2.24) is 10.2 Å². The van der Waals surface area contributed by atoms with Crippen LogP contribution in [-0.4, -0.2) is 48.1 Å². The van der Waals surface area contributed by atoms with Crippen molar-refractivity contribution >= 4 is 11.8 Å². The van der Waals surface area contributed by atoms with Crippen LogP contribution < -0.4 is 5.32 Å². The Morgan fingerprint density at radius 2 is 2.14 bits per heavy atom. The third kappa shape index (κ3) is 4.60. The van der Waals surface area contributed by atoms with Crippen LogP contribution in [-0.2, 0) is 4.79 Å². The molecule has 0 aliphatic carbocycles. The van der Waals surface area contributed by atoms with E-state index in [-0.39, 0.29) is 24.2 Å². The van der Waals surface area contributed by atoms with E-state index in [4.69, 9.17) is 9.52 Å². The zero-order valence-corrected chi connectivity index (χ0v) is 12.1. The summed E-state index contributed by atoms with van der Waals surface area (Å²) in [5.74, 6) is 0.490. The fourth-order valence-corrected chi connectivity index (χ4v) is 2.46. The molecule has 1 aromatic rings. The Morgan fingerprint density at radius 1 is 1.38 bits per heavy atom. The first-order valence-electron chi connectivity index (χ1n) is 7.41. The maximum Gasteiger partial charge on any atom is 0.286 e. The highest BCUT2D eigenvalue weighted by molar-refractivity contribution is 5.91. The molecule has 6 nitrogen and oxygen atoms in total. The molecule has 1 aliphatic rings. The lowest BCUT2D eigenvalue weighted by Crippen LogP contribution is -2.39. The molecule has 0 bridgehead atoms. The summed E-state index contributed by atoms with van der Waals surface area (Å²) < 4.78 is 4.98. The number of amides is 2. The maximum absolute atomic E-state index is 12.0. The summed E-state index contributed by atoms with van der Waals surface area (Å²) in [4.78, 5) is 25.4. The number of hydrogen-bond donors (Lipinski definition) is 2. The lowest BCUT2D eigenvalue weighted by molar-refractivity contribution is -0.132. The van der Waals surface area contributed by atoms with Crippen molar-refractivity contribution in [2.75, 3.05) is 26.2 Å². The molecule has 1 saturated heterocycles. The minimum atomic E-state index is -0.254. The van der Waals surface area contributed by atoms with E-state index in [1.165, 1.54) is 6.26 Å². The van der Waals surface area contributed by atoms with Crippen molar-refractivity contribution in [2.45, 2.75) is 25.7 Å². The first-order chi connectivity index (χ1) is 10.2. The largest absolute Gasteiger partial charge is 0.459 e. The van der Waals surface area contributed by atoms with Crippen LogP contribution in [0.1, 0.15) is 36.2 Å². The van der Waals surface area contributed by atoms with Crippen molar-refractivity contribution in [2.24, 2.45) is 5.92 Å². The Morgan fingerprint density at radius 3 is 2.76 bits per heavy atom. The number of carbonyl (C=O) groups excluding carboxylic acids is 2. The lowest BCUT2D eigenvalue weighted by atomic mass is 9.97. The van der Waals surface area contributed by atoms with E-state index >= 15 is 0 Å². The van der Waals surface area contributed by atoms with Gasteiger partial charge in [0.15, 0.2) is 5.76 Å². The highest BCUT2D eigenvalue weighted by Gasteiger charge is 2.21. The van der Waals surface area contributed by atoms with Crippen molar-refractivity contribution < 1.29 is 19.1 Å². The van der Waals surface area contributed by atoms with Gasteiger partial charge in [-0.3, -0.25) is 9.59 Å². The van der Waals surface area contributed by atoms with E-state index < -0.39 is 0 Å². The number of rotatable bonds is 6. The van der Waals surface area contributed by atoms with Crippen LogP contribution in [0.5, 0.6) is 0 Å². The zero-order valence-electron chi connectivity index (χ0n) is 12.1. The summed E-state index contributed by atoms with van der Waals surface area (Å²) in [7, 11) is 0. The summed E-state index contributed by atoms with van der Waals surface area (Å²) in [5.41, 5.74) is 0. The summed E-state index contributed by atoms with van der Waals surface area (Å²) in [6.45, 7) is 2.12. The second kappa shape index (κ2) is 7.83. The molecule has 6 heteroatoms. The Labute approximate surface area is 124 Å². The van der Waals surface area contributed by atoms with E-state index in [0.29, 0.717) is 25.3 Å². The van der Waals surface area contributed by atoms with Gasteiger partial charge in [-0.25, -0.2) is 0 Å². The van der Waals surface area contributed by atoms with Gasteiger partial charge in [-0.2, -0.15) is 0 Å². The highest BCUT2D eigenvalue weighted by Crippen LogP contribution is 2.17. The third-order valence-electron chi connectivity index (χ3n) is 3.82. The van der Waals surface area contributed by atoms with Crippen LogP contribution in [0, 0.1) is 5.92 Å². The van der Waals surface area contributed by atoms with Gasteiger partial charge < -0.3 is 19.7 Å². The monoisotopic (exact) mass is 294 g/mol. The van der Waals surface area contributed by atoms with Gasteiger partial charge in [0.25, 0.3) is 5.91 Å². The molecule has 0 aromatic carbocycles. The number of hydrogen-bond acceptors (Lipinski definition) is 4. The average molecular weight is 294 g/mol. The second-order valence-corrected chi connectivity index (χ2v) is 5.34. The van der Waals surface area contributed by atoms with Gasteiger partial charge in [0, 0.05) is 32.7 Å². The zero-order chi connectivity index (χ0) is 15.1. The molecule has 1 aliphatic heterocycles. The quantitative estimate of drug-likeness (QED) is 0.767. The van der Waals surface area contributed by atoms with Gasteiger partial charge in [-0.05, 0) is 37.3 Å². The van der Waals surface area contributed by atoms with E-state index in [2.05, 4.69) is 5.32 Å². The van der Waals surface area contributed by atoms with Crippen LogP contribution in [0.3, 0.4) is 0 Å². The van der Waals surface area contributed by atoms with Crippen LogP contribution in [0.2, 0.25) is 0 Å². The van der Waals surface area contributed by atoms with Gasteiger partial charge in [-0.15, -0.1) is 0 Å². The number of aliphatic hydroxyl groups excluding tert-OH is 1. The molecule has 0 radical (unpaired) electrons. The summed E-state index contributed by atoms with van der Waals surface area (Å²) in [6, 6.07) is 3.26. The van der Waals surface area contributed by atoms with Crippen molar-refractivity contribution in [3.8, 4) is 0 Å². The number of nitrogens with zero attached hydrogens (tertiary/aromatic N) is 1. The Kier molecular flexibility index (Phi) is 5.80. The molecule has 0 saturated carbocycles. The number of carbonyl (C=O) groups is 2. The molecular formula is C15H22N2O4. The van der Waals surface area contributed by atoms with Gasteiger partial charge in [-0.1, -0.05) is 0 Å². The fraction of sp³-hybridized carbons (Fsp3) is 0.600.